The number of unbranched alkanes of at least 4 members (excludes halogenated alkanes) is 2. The molecular formula is C21H32O4. The van der Waals surface area contributed by atoms with Crippen molar-refractivity contribution in [2.45, 2.75) is 64.4 Å². The smallest absolute Gasteiger partial charge is 0.159 e. The van der Waals surface area contributed by atoms with Gasteiger partial charge < -0.3 is 10.2 Å². The Morgan fingerprint density at radius 1 is 1.28 bits per heavy atom. The fourth-order valence-electron chi connectivity index (χ4n) is 2.93. The quantitative estimate of drug-likeness (QED) is 0.394. The van der Waals surface area contributed by atoms with E-state index in [2.05, 4.69) is 6.92 Å². The molecule has 0 spiro atoms. The Bertz CT molecular complexity index is 490. The average Bonchev–Trinajstić information content (AvgIpc) is 2.95. The van der Waals surface area contributed by atoms with Crippen LogP contribution in [0.25, 0.3) is 0 Å². The molecule has 0 radical (unpaired) electrons. The second-order valence-corrected chi connectivity index (χ2v) is 6.70. The maximum atomic E-state index is 12.0. The predicted molar refractivity (Wildman–Crippen MR) is 100 cm³/mol. The van der Waals surface area contributed by atoms with Crippen LogP contribution >= 0.6 is 0 Å². The van der Waals surface area contributed by atoms with E-state index in [1.165, 1.54) is 0 Å². The van der Waals surface area contributed by atoms with Gasteiger partial charge in [-0.2, -0.15) is 0 Å². The van der Waals surface area contributed by atoms with E-state index < -0.39 is 0 Å². The molecule has 140 valence electrons. The SMILES string of the molecule is CCCCC(O)C/C=C/[C@H]1C=CC(=O)[C@@H]1C/C=C\CCCC(=O)CO. The first-order valence-corrected chi connectivity index (χ1v) is 9.42. The highest BCUT2D eigenvalue weighted by Gasteiger charge is 2.26. The summed E-state index contributed by atoms with van der Waals surface area (Å²) < 4.78 is 0. The van der Waals surface area contributed by atoms with Gasteiger partial charge in [0.25, 0.3) is 0 Å². The van der Waals surface area contributed by atoms with Crippen molar-refractivity contribution in [2.24, 2.45) is 11.8 Å². The summed E-state index contributed by atoms with van der Waals surface area (Å²) in [5.74, 6) is 0.0713. The third-order valence-corrected chi connectivity index (χ3v) is 4.53. The summed E-state index contributed by atoms with van der Waals surface area (Å²) in [5.41, 5.74) is 0. The molecule has 4 heteroatoms. The van der Waals surface area contributed by atoms with Gasteiger partial charge in [0.2, 0.25) is 0 Å². The number of rotatable bonds is 13. The first-order valence-electron chi connectivity index (χ1n) is 9.42. The first kappa shape index (κ1) is 21.5. The topological polar surface area (TPSA) is 74.6 Å². The molecule has 0 aromatic rings. The van der Waals surface area contributed by atoms with Gasteiger partial charge in [0.15, 0.2) is 11.6 Å². The molecule has 1 rings (SSSR count). The number of aliphatic hydroxyl groups is 2. The van der Waals surface area contributed by atoms with Crippen molar-refractivity contribution >= 4 is 11.6 Å². The lowest BCUT2D eigenvalue weighted by molar-refractivity contribution is -0.121. The van der Waals surface area contributed by atoms with Crippen molar-refractivity contribution in [3.63, 3.8) is 0 Å². The second kappa shape index (κ2) is 12.8. The molecule has 0 aliphatic heterocycles. The summed E-state index contributed by atoms with van der Waals surface area (Å²) in [7, 11) is 0. The summed E-state index contributed by atoms with van der Waals surface area (Å²) >= 11 is 0. The molecule has 1 aliphatic rings. The molecule has 0 aromatic heterocycles. The van der Waals surface area contributed by atoms with Gasteiger partial charge >= 0.3 is 0 Å². The molecule has 0 saturated heterocycles. The molecule has 1 unspecified atom stereocenters. The van der Waals surface area contributed by atoms with Gasteiger partial charge in [-0.25, -0.2) is 0 Å². The average molecular weight is 348 g/mol. The Morgan fingerprint density at radius 2 is 2.08 bits per heavy atom. The monoisotopic (exact) mass is 348 g/mol. The van der Waals surface area contributed by atoms with Crippen molar-refractivity contribution < 1.29 is 19.8 Å². The highest BCUT2D eigenvalue weighted by Crippen LogP contribution is 2.27. The molecule has 2 N–H and O–H groups in total. The molecular weight excluding hydrogens is 316 g/mol. The standard InChI is InChI=1S/C21H32O4/c1-2-3-10-18(23)12-8-9-17-14-15-21(25)20(17)13-7-5-4-6-11-19(24)16-22/h5,7-9,14-15,17-18,20,22-23H,2-4,6,10-13,16H2,1H3/b7-5-,9-8+/t17-,18?,20+/m0/s1. The normalized spacial score (nSPS) is 21.6. The zero-order chi connectivity index (χ0) is 18.5. The molecule has 0 heterocycles. The number of Topliss-reactive ketones (excluding diaryl/α,β-unsaturated/α-hetero) is 1. The fraction of sp³-hybridized carbons (Fsp3) is 0.619. The molecule has 4 nitrogen and oxygen atoms in total. The van der Waals surface area contributed by atoms with Crippen LogP contribution in [0.5, 0.6) is 0 Å². The van der Waals surface area contributed by atoms with E-state index >= 15 is 0 Å². The van der Waals surface area contributed by atoms with Crippen molar-refractivity contribution in [1.29, 1.82) is 0 Å². The van der Waals surface area contributed by atoms with Gasteiger partial charge in [-0.3, -0.25) is 9.59 Å². The lowest BCUT2D eigenvalue weighted by Gasteiger charge is -2.13. The summed E-state index contributed by atoms with van der Waals surface area (Å²) in [6, 6.07) is 0. The van der Waals surface area contributed by atoms with E-state index in [0.29, 0.717) is 19.3 Å². The molecule has 0 aromatic carbocycles. The Balaban J connectivity index is 2.34. The fourth-order valence-corrected chi connectivity index (χ4v) is 2.93. The predicted octanol–water partition coefficient (Wildman–Crippen LogP) is 3.53. The van der Waals surface area contributed by atoms with Gasteiger partial charge in [0, 0.05) is 18.3 Å². The summed E-state index contributed by atoms with van der Waals surface area (Å²) in [4.78, 5) is 23.0. The first-order chi connectivity index (χ1) is 12.1. The van der Waals surface area contributed by atoms with Crippen LogP contribution in [0.3, 0.4) is 0 Å². The molecule has 0 fully saturated rings. The van der Waals surface area contributed by atoms with Gasteiger partial charge in [0.1, 0.15) is 6.61 Å². The van der Waals surface area contributed by atoms with Gasteiger partial charge in [0.05, 0.1) is 6.10 Å². The van der Waals surface area contributed by atoms with Crippen LogP contribution in [0, 0.1) is 11.8 Å². The number of carbonyl (C=O) groups is 2. The minimum atomic E-state index is -0.382. The van der Waals surface area contributed by atoms with Gasteiger partial charge in [-0.05, 0) is 38.2 Å². The van der Waals surface area contributed by atoms with Crippen molar-refractivity contribution in [3.05, 3.63) is 36.5 Å². The summed E-state index contributed by atoms with van der Waals surface area (Å²) in [6.45, 7) is 1.73. The second-order valence-electron chi connectivity index (χ2n) is 6.70. The van der Waals surface area contributed by atoms with E-state index in [1.807, 2.05) is 30.4 Å². The maximum absolute atomic E-state index is 12.0. The van der Waals surface area contributed by atoms with Gasteiger partial charge in [-0.15, -0.1) is 0 Å². The summed E-state index contributed by atoms with van der Waals surface area (Å²) in [5, 5.41) is 18.5. The van der Waals surface area contributed by atoms with Crippen molar-refractivity contribution in [1.82, 2.24) is 0 Å². The number of allylic oxidation sites excluding steroid dienone is 5. The van der Waals surface area contributed by atoms with Crippen LogP contribution in [0.2, 0.25) is 0 Å². The third-order valence-electron chi connectivity index (χ3n) is 4.53. The lowest BCUT2D eigenvalue weighted by atomic mass is 9.90. The molecule has 0 amide bonds. The van der Waals surface area contributed by atoms with E-state index in [1.54, 1.807) is 6.08 Å². The number of carbonyl (C=O) groups excluding carboxylic acids is 2. The zero-order valence-electron chi connectivity index (χ0n) is 15.3. The largest absolute Gasteiger partial charge is 0.393 e. The lowest BCUT2D eigenvalue weighted by Crippen LogP contribution is -2.13. The van der Waals surface area contributed by atoms with Crippen LogP contribution in [0.4, 0.5) is 0 Å². The Hall–Kier alpha value is -1.52. The van der Waals surface area contributed by atoms with Crippen LogP contribution in [-0.4, -0.2) is 34.5 Å². The number of aliphatic hydroxyl groups excluding tert-OH is 2. The molecule has 0 saturated carbocycles. The summed E-state index contributed by atoms with van der Waals surface area (Å²) in [6.07, 6.45) is 17.5. The van der Waals surface area contributed by atoms with Crippen molar-refractivity contribution in [3.8, 4) is 0 Å². The van der Waals surface area contributed by atoms with Crippen LogP contribution < -0.4 is 0 Å². The minimum Gasteiger partial charge on any atom is -0.393 e. The van der Waals surface area contributed by atoms with E-state index in [-0.39, 0.29) is 36.1 Å². The van der Waals surface area contributed by atoms with E-state index in [0.717, 1.165) is 32.1 Å². The van der Waals surface area contributed by atoms with Crippen LogP contribution in [-0.2, 0) is 9.59 Å². The third kappa shape index (κ3) is 8.94. The molecule has 1 aliphatic carbocycles. The maximum Gasteiger partial charge on any atom is 0.159 e. The minimum absolute atomic E-state index is 0.0561. The number of ketones is 2. The molecule has 3 atom stereocenters. The van der Waals surface area contributed by atoms with E-state index in [9.17, 15) is 14.7 Å². The highest BCUT2D eigenvalue weighted by molar-refractivity contribution is 5.95. The molecule has 25 heavy (non-hydrogen) atoms. The Kier molecular flexibility index (Phi) is 11.0. The van der Waals surface area contributed by atoms with Crippen LogP contribution in [0.15, 0.2) is 36.5 Å². The molecule has 0 bridgehead atoms. The highest BCUT2D eigenvalue weighted by atomic mass is 16.3. The Labute approximate surface area is 151 Å². The van der Waals surface area contributed by atoms with Gasteiger partial charge in [-0.1, -0.05) is 50.1 Å². The van der Waals surface area contributed by atoms with E-state index in [4.69, 9.17) is 5.11 Å². The Morgan fingerprint density at radius 3 is 2.80 bits per heavy atom. The van der Waals surface area contributed by atoms with Crippen LogP contribution in [0.1, 0.15) is 58.3 Å². The number of hydrogen-bond acceptors (Lipinski definition) is 4. The zero-order valence-corrected chi connectivity index (χ0v) is 15.3. The number of hydrogen-bond donors (Lipinski definition) is 2. The van der Waals surface area contributed by atoms with Crippen molar-refractivity contribution in [2.75, 3.05) is 6.61 Å².